The molecule has 1 N–H and O–H groups in total. The minimum absolute atomic E-state index is 0.00753. The van der Waals surface area contributed by atoms with Gasteiger partial charge < -0.3 is 9.84 Å². The van der Waals surface area contributed by atoms with Gasteiger partial charge in [-0.05, 0) is 49.2 Å². The molecular formula is C30H24FN3O4S2. The first-order valence-corrected chi connectivity index (χ1v) is 14.5. The molecule has 10 heteroatoms. The van der Waals surface area contributed by atoms with Crippen LogP contribution in [0.2, 0.25) is 0 Å². The summed E-state index contributed by atoms with van der Waals surface area (Å²) >= 11 is 2.59. The lowest BCUT2D eigenvalue weighted by molar-refractivity contribution is -0.132. The number of halogens is 1. The van der Waals surface area contributed by atoms with Crippen molar-refractivity contribution in [3.8, 4) is 5.75 Å². The van der Waals surface area contributed by atoms with Gasteiger partial charge in [0.1, 0.15) is 29.5 Å². The van der Waals surface area contributed by atoms with Crippen molar-refractivity contribution in [2.75, 3.05) is 4.90 Å². The minimum atomic E-state index is -1.22. The fourth-order valence-electron chi connectivity index (χ4n) is 4.93. The Labute approximate surface area is 238 Å². The second kappa shape index (κ2) is 10.5. The number of ketones is 1. The maximum Gasteiger partial charge on any atom is 0.301 e. The SMILES string of the molecule is Cc1ccc(CSc2nnc(N3C(=O)C(=O)C(=C(O)c4ccc5c(c4)C[C@@H](C)O5)[C@H]3c3ccccc3F)s2)cc1. The first-order valence-electron chi connectivity index (χ1n) is 12.7. The van der Waals surface area contributed by atoms with Crippen molar-refractivity contribution in [3.63, 3.8) is 0 Å². The number of aliphatic hydroxyl groups excluding tert-OH is 1. The minimum Gasteiger partial charge on any atom is -0.507 e. The Balaban J connectivity index is 1.39. The second-order valence-corrected chi connectivity index (χ2v) is 11.9. The number of fused-ring (bicyclic) bond motifs is 1. The molecule has 40 heavy (non-hydrogen) atoms. The normalized spacial score (nSPS) is 19.6. The Morgan fingerprint density at radius 3 is 2.67 bits per heavy atom. The average molecular weight is 574 g/mol. The van der Waals surface area contributed by atoms with Crippen LogP contribution in [0.3, 0.4) is 0 Å². The third-order valence-corrected chi connectivity index (χ3v) is 9.03. The molecule has 2 aliphatic heterocycles. The number of hydrogen-bond acceptors (Lipinski definition) is 8. The molecule has 0 unspecified atom stereocenters. The molecule has 0 bridgehead atoms. The standard InChI is InChI=1S/C30H24FN3O4S2/c1-16-7-9-18(10-8-16)15-39-30-33-32-29(40-30)34-25(21-5-3-4-6-22(21)31)24(27(36)28(34)37)26(35)19-11-12-23-20(14-19)13-17(2)38-23/h3-12,14,17,25,35H,13,15H2,1-2H3/t17-,25-/m1/s1. The van der Waals surface area contributed by atoms with Crippen LogP contribution in [0.1, 0.15) is 40.8 Å². The molecule has 6 rings (SSSR count). The number of hydrogen-bond donors (Lipinski definition) is 1. The van der Waals surface area contributed by atoms with Crippen molar-refractivity contribution in [1.29, 1.82) is 0 Å². The molecule has 1 fully saturated rings. The highest BCUT2D eigenvalue weighted by molar-refractivity contribution is 8.00. The van der Waals surface area contributed by atoms with Gasteiger partial charge in [0, 0.05) is 23.3 Å². The zero-order valence-corrected chi connectivity index (χ0v) is 23.3. The Morgan fingerprint density at radius 1 is 1.12 bits per heavy atom. The first-order chi connectivity index (χ1) is 19.3. The lowest BCUT2D eigenvalue weighted by Gasteiger charge is -2.22. The number of Topliss-reactive ketones (excluding diaryl/α,β-unsaturated/α-hetero) is 1. The predicted octanol–water partition coefficient (Wildman–Crippen LogP) is 6.23. The van der Waals surface area contributed by atoms with Gasteiger partial charge in [0.05, 0.1) is 5.57 Å². The number of aromatic nitrogens is 2. The van der Waals surface area contributed by atoms with Crippen LogP contribution in [-0.4, -0.2) is 33.1 Å². The predicted molar refractivity (Wildman–Crippen MR) is 152 cm³/mol. The molecule has 7 nitrogen and oxygen atoms in total. The number of benzene rings is 3. The Hall–Kier alpha value is -4.02. The third kappa shape index (κ3) is 4.77. The molecule has 4 aromatic rings. The smallest absolute Gasteiger partial charge is 0.301 e. The van der Waals surface area contributed by atoms with Gasteiger partial charge in [-0.3, -0.25) is 14.5 Å². The van der Waals surface area contributed by atoms with Crippen LogP contribution < -0.4 is 9.64 Å². The summed E-state index contributed by atoms with van der Waals surface area (Å²) < 4.78 is 21.5. The molecule has 0 spiro atoms. The maximum atomic E-state index is 15.2. The van der Waals surface area contributed by atoms with Crippen LogP contribution in [0, 0.1) is 12.7 Å². The molecule has 0 saturated carbocycles. The van der Waals surface area contributed by atoms with Crippen LogP contribution >= 0.6 is 23.1 Å². The summed E-state index contributed by atoms with van der Waals surface area (Å²) in [5.74, 6) is -1.46. The van der Waals surface area contributed by atoms with Crippen LogP contribution in [0.4, 0.5) is 9.52 Å². The third-order valence-electron chi connectivity index (χ3n) is 6.90. The monoisotopic (exact) mass is 573 g/mol. The van der Waals surface area contributed by atoms with Gasteiger partial charge in [0.15, 0.2) is 4.34 Å². The van der Waals surface area contributed by atoms with E-state index in [1.165, 1.54) is 35.5 Å². The summed E-state index contributed by atoms with van der Waals surface area (Å²) in [5, 5.41) is 20.0. The fourth-order valence-corrected chi connectivity index (χ4v) is 6.76. The van der Waals surface area contributed by atoms with Crippen molar-refractivity contribution in [2.45, 2.75) is 42.5 Å². The number of carbonyl (C=O) groups excluding carboxylic acids is 2. The van der Waals surface area contributed by atoms with Crippen molar-refractivity contribution in [3.05, 3.63) is 106 Å². The number of nitrogens with zero attached hydrogens (tertiary/aromatic N) is 3. The molecular weight excluding hydrogens is 549 g/mol. The number of aryl methyl sites for hydroxylation is 1. The van der Waals surface area contributed by atoms with Gasteiger partial charge >= 0.3 is 5.91 Å². The number of anilines is 1. The molecule has 3 heterocycles. The Kier molecular flexibility index (Phi) is 6.89. The zero-order chi connectivity index (χ0) is 28.0. The molecule has 2 aliphatic rings. The summed E-state index contributed by atoms with van der Waals surface area (Å²) in [4.78, 5) is 28.0. The van der Waals surface area contributed by atoms with E-state index < -0.39 is 23.5 Å². The largest absolute Gasteiger partial charge is 0.507 e. The molecule has 1 aromatic heterocycles. The maximum absolute atomic E-state index is 15.2. The highest BCUT2D eigenvalue weighted by Gasteiger charge is 2.49. The number of ether oxygens (including phenoxy) is 1. The number of amides is 1. The number of rotatable bonds is 6. The van der Waals surface area contributed by atoms with Crippen LogP contribution in [0.15, 0.2) is 76.6 Å². The Bertz CT molecular complexity index is 1670. The summed E-state index contributed by atoms with van der Waals surface area (Å²) in [5.41, 5.74) is 3.37. The lowest BCUT2D eigenvalue weighted by atomic mass is 9.94. The van der Waals surface area contributed by atoms with Gasteiger partial charge in [0.2, 0.25) is 5.13 Å². The van der Waals surface area contributed by atoms with Crippen LogP contribution in [-0.2, 0) is 21.8 Å². The van der Waals surface area contributed by atoms with E-state index >= 15 is 4.39 Å². The topological polar surface area (TPSA) is 92.6 Å². The highest BCUT2D eigenvalue weighted by atomic mass is 32.2. The summed E-state index contributed by atoms with van der Waals surface area (Å²) in [6.45, 7) is 3.96. The summed E-state index contributed by atoms with van der Waals surface area (Å²) in [6.07, 6.45) is 0.641. The van der Waals surface area contributed by atoms with E-state index in [1.807, 2.05) is 38.1 Å². The lowest BCUT2D eigenvalue weighted by Crippen LogP contribution is -2.29. The molecule has 3 aromatic carbocycles. The van der Waals surface area contributed by atoms with E-state index in [0.717, 1.165) is 27.4 Å². The molecule has 202 valence electrons. The van der Waals surface area contributed by atoms with Crippen molar-refractivity contribution in [2.24, 2.45) is 0 Å². The Morgan fingerprint density at radius 2 is 1.90 bits per heavy atom. The van der Waals surface area contributed by atoms with E-state index in [2.05, 4.69) is 10.2 Å². The van der Waals surface area contributed by atoms with Gasteiger partial charge in [0.25, 0.3) is 5.78 Å². The fraction of sp³-hybridized carbons (Fsp3) is 0.200. The molecule has 1 amide bonds. The molecule has 2 atom stereocenters. The van der Waals surface area contributed by atoms with E-state index in [9.17, 15) is 14.7 Å². The van der Waals surface area contributed by atoms with Crippen LogP contribution in [0.5, 0.6) is 5.75 Å². The van der Waals surface area contributed by atoms with Gasteiger partial charge in [-0.2, -0.15) is 0 Å². The molecule has 1 saturated heterocycles. The number of aliphatic hydroxyl groups is 1. The van der Waals surface area contributed by atoms with Crippen molar-refractivity contribution in [1.82, 2.24) is 10.2 Å². The molecule has 0 radical (unpaired) electrons. The van der Waals surface area contributed by atoms with E-state index in [-0.39, 0.29) is 28.1 Å². The van der Waals surface area contributed by atoms with Crippen LogP contribution in [0.25, 0.3) is 5.76 Å². The van der Waals surface area contributed by atoms with Gasteiger partial charge in [-0.1, -0.05) is 71.1 Å². The second-order valence-electron chi connectivity index (χ2n) is 9.77. The van der Waals surface area contributed by atoms with E-state index in [4.69, 9.17) is 4.74 Å². The van der Waals surface area contributed by atoms with E-state index in [0.29, 0.717) is 27.8 Å². The molecule has 0 aliphatic carbocycles. The van der Waals surface area contributed by atoms with Gasteiger partial charge in [-0.25, -0.2) is 4.39 Å². The quantitative estimate of drug-likeness (QED) is 0.0961. The number of carbonyl (C=O) groups is 2. The van der Waals surface area contributed by atoms with E-state index in [1.54, 1.807) is 24.3 Å². The first kappa shape index (κ1) is 26.2. The average Bonchev–Trinajstić information content (AvgIpc) is 3.63. The number of thioether (sulfide) groups is 1. The summed E-state index contributed by atoms with van der Waals surface area (Å²) in [6, 6.07) is 17.9. The zero-order valence-electron chi connectivity index (χ0n) is 21.6. The van der Waals surface area contributed by atoms with Crippen molar-refractivity contribution < 1.29 is 23.8 Å². The highest BCUT2D eigenvalue weighted by Crippen LogP contribution is 2.45. The van der Waals surface area contributed by atoms with Gasteiger partial charge in [-0.15, -0.1) is 10.2 Å². The summed E-state index contributed by atoms with van der Waals surface area (Å²) in [7, 11) is 0. The van der Waals surface area contributed by atoms with Crippen molar-refractivity contribution >= 4 is 45.7 Å².